The Balaban J connectivity index is 2.47. The molecule has 1 aromatic heterocycles. The molecule has 2 rings (SSSR count). The van der Waals surface area contributed by atoms with Crippen LogP contribution in [0, 0.1) is 6.92 Å². The normalized spacial score (nSPS) is 17.6. The average molecular weight is 244 g/mol. The largest absolute Gasteiger partial charge is 0.417 e. The van der Waals surface area contributed by atoms with Crippen LogP contribution < -0.4 is 4.84 Å². The quantitative estimate of drug-likeness (QED) is 0.800. The van der Waals surface area contributed by atoms with Gasteiger partial charge in [0.1, 0.15) is 7.11 Å². The minimum Gasteiger partial charge on any atom is -0.417 e. The molecule has 0 spiro atoms. The molecule has 3 nitrogen and oxygen atoms in total. The summed E-state index contributed by atoms with van der Waals surface area (Å²) in [6, 6.07) is 2.04. The predicted molar refractivity (Wildman–Crippen MR) is 75.8 cm³/mol. The predicted octanol–water partition coefficient (Wildman–Crippen LogP) is 3.40. The minimum absolute atomic E-state index is 1.03. The van der Waals surface area contributed by atoms with Gasteiger partial charge in [0.05, 0.1) is 11.4 Å². The second-order valence-corrected chi connectivity index (χ2v) is 4.58. The van der Waals surface area contributed by atoms with Gasteiger partial charge in [0.15, 0.2) is 0 Å². The van der Waals surface area contributed by atoms with E-state index in [0.717, 1.165) is 23.5 Å². The third kappa shape index (κ3) is 2.01. The second-order valence-electron chi connectivity index (χ2n) is 4.58. The molecule has 1 aliphatic heterocycles. The van der Waals surface area contributed by atoms with Gasteiger partial charge in [-0.3, -0.25) is 4.99 Å². The number of rotatable bonds is 3. The van der Waals surface area contributed by atoms with Gasteiger partial charge in [0.2, 0.25) is 0 Å². The molecular weight excluding hydrogens is 224 g/mol. The Hall–Kier alpha value is -1.77. The molecule has 0 aromatic carbocycles. The first-order valence-electron chi connectivity index (χ1n) is 6.28. The number of hydrogen-bond donors (Lipinski definition) is 0. The van der Waals surface area contributed by atoms with Crippen molar-refractivity contribution in [3.05, 3.63) is 40.4 Å². The van der Waals surface area contributed by atoms with Crippen LogP contribution in [0.25, 0.3) is 6.08 Å². The highest BCUT2D eigenvalue weighted by Gasteiger charge is 2.16. The molecule has 0 N–H and O–H groups in total. The second kappa shape index (κ2) is 4.84. The summed E-state index contributed by atoms with van der Waals surface area (Å²) in [7, 11) is 1.67. The van der Waals surface area contributed by atoms with Gasteiger partial charge in [0, 0.05) is 11.9 Å². The summed E-state index contributed by atoms with van der Waals surface area (Å²) >= 11 is 0. The average Bonchev–Trinajstić information content (AvgIpc) is 2.82. The van der Waals surface area contributed by atoms with E-state index < -0.39 is 0 Å². The summed E-state index contributed by atoms with van der Waals surface area (Å²) in [5, 5.41) is 0. The number of hydrogen-bond acceptors (Lipinski definition) is 2. The Kier molecular flexibility index (Phi) is 3.41. The highest BCUT2D eigenvalue weighted by Crippen LogP contribution is 2.29. The zero-order valence-electron chi connectivity index (χ0n) is 11.7. The fourth-order valence-corrected chi connectivity index (χ4v) is 2.40. The Labute approximate surface area is 108 Å². The molecule has 0 bridgehead atoms. The molecular formula is C15H20N2O. The minimum atomic E-state index is 1.03. The van der Waals surface area contributed by atoms with Crippen molar-refractivity contribution < 1.29 is 4.84 Å². The van der Waals surface area contributed by atoms with Gasteiger partial charge in [-0.15, -0.1) is 0 Å². The molecule has 0 fully saturated rings. The van der Waals surface area contributed by atoms with Crippen molar-refractivity contribution >= 4 is 11.8 Å². The van der Waals surface area contributed by atoms with Crippen molar-refractivity contribution in [3.8, 4) is 0 Å². The fourth-order valence-electron chi connectivity index (χ4n) is 2.40. The molecule has 3 heteroatoms. The zero-order valence-corrected chi connectivity index (χ0v) is 11.7. The van der Waals surface area contributed by atoms with Crippen molar-refractivity contribution in [3.63, 3.8) is 0 Å². The monoisotopic (exact) mass is 244 g/mol. The van der Waals surface area contributed by atoms with E-state index in [-0.39, 0.29) is 0 Å². The lowest BCUT2D eigenvalue weighted by molar-refractivity contribution is 0.166. The van der Waals surface area contributed by atoms with Gasteiger partial charge >= 0.3 is 0 Å². The smallest absolute Gasteiger partial charge is 0.104 e. The van der Waals surface area contributed by atoms with Crippen molar-refractivity contribution in [2.45, 2.75) is 34.1 Å². The van der Waals surface area contributed by atoms with Crippen LogP contribution in [0.15, 0.2) is 34.1 Å². The van der Waals surface area contributed by atoms with Gasteiger partial charge in [-0.05, 0) is 56.0 Å². The number of allylic oxidation sites excluding steroid dienone is 2. The van der Waals surface area contributed by atoms with Gasteiger partial charge in [-0.25, -0.2) is 0 Å². The van der Waals surface area contributed by atoms with E-state index in [9.17, 15) is 0 Å². The number of aromatic nitrogens is 1. The van der Waals surface area contributed by atoms with Gasteiger partial charge < -0.3 is 4.84 Å². The fraction of sp³-hybridized carbons (Fsp3) is 0.400. The Morgan fingerprint density at radius 3 is 2.61 bits per heavy atom. The first kappa shape index (κ1) is 12.7. The van der Waals surface area contributed by atoms with Crippen LogP contribution >= 0.6 is 0 Å². The molecule has 18 heavy (non-hydrogen) atoms. The maximum atomic E-state index is 5.30. The summed E-state index contributed by atoms with van der Waals surface area (Å²) < 4.78 is 1.77. The molecule has 0 amide bonds. The Morgan fingerprint density at radius 1 is 1.33 bits per heavy atom. The van der Waals surface area contributed by atoms with Gasteiger partial charge in [-0.2, -0.15) is 4.73 Å². The maximum absolute atomic E-state index is 5.30. The van der Waals surface area contributed by atoms with Gasteiger partial charge in [0.25, 0.3) is 0 Å². The van der Waals surface area contributed by atoms with Crippen LogP contribution in [-0.4, -0.2) is 17.6 Å². The van der Waals surface area contributed by atoms with Crippen molar-refractivity contribution in [1.29, 1.82) is 0 Å². The zero-order chi connectivity index (χ0) is 13.3. The molecule has 1 aliphatic rings. The Morgan fingerprint density at radius 2 is 2.06 bits per heavy atom. The van der Waals surface area contributed by atoms with Crippen LogP contribution in [0.1, 0.15) is 38.4 Å². The van der Waals surface area contributed by atoms with Crippen molar-refractivity contribution in [2.24, 2.45) is 4.99 Å². The Bertz CT molecular complexity index is 559. The molecule has 96 valence electrons. The third-order valence-electron chi connectivity index (χ3n) is 3.49. The first-order valence-corrected chi connectivity index (χ1v) is 6.28. The van der Waals surface area contributed by atoms with Crippen LogP contribution in [0.3, 0.4) is 0 Å². The van der Waals surface area contributed by atoms with E-state index in [1.165, 1.54) is 16.7 Å². The molecule has 1 aromatic rings. The SMILES string of the molecule is CCC1=C(C)/C(=C\c2c(C)ccn2OC)N=C1C. The third-order valence-corrected chi connectivity index (χ3v) is 3.49. The van der Waals surface area contributed by atoms with E-state index in [4.69, 9.17) is 4.84 Å². The summed E-state index contributed by atoms with van der Waals surface area (Å²) in [4.78, 5) is 9.95. The van der Waals surface area contributed by atoms with Crippen LogP contribution in [0.2, 0.25) is 0 Å². The van der Waals surface area contributed by atoms with Gasteiger partial charge in [-0.1, -0.05) is 6.92 Å². The molecule has 0 saturated carbocycles. The van der Waals surface area contributed by atoms with Crippen LogP contribution in [-0.2, 0) is 0 Å². The highest BCUT2D eigenvalue weighted by atomic mass is 16.6. The highest BCUT2D eigenvalue weighted by molar-refractivity contribution is 6.03. The summed E-state index contributed by atoms with van der Waals surface area (Å²) in [6.45, 7) is 8.46. The first-order chi connectivity index (χ1) is 8.58. The molecule has 0 atom stereocenters. The topological polar surface area (TPSA) is 26.5 Å². The van der Waals surface area contributed by atoms with E-state index in [0.29, 0.717) is 0 Å². The van der Waals surface area contributed by atoms with E-state index in [2.05, 4.69) is 38.8 Å². The summed E-state index contributed by atoms with van der Waals surface area (Å²) in [5.41, 5.74) is 7.06. The van der Waals surface area contributed by atoms with Crippen LogP contribution in [0.5, 0.6) is 0 Å². The summed E-state index contributed by atoms with van der Waals surface area (Å²) in [6.07, 6.45) is 5.05. The van der Waals surface area contributed by atoms with E-state index in [1.54, 1.807) is 11.8 Å². The molecule has 0 unspecified atom stereocenters. The molecule has 0 aliphatic carbocycles. The molecule has 0 saturated heterocycles. The van der Waals surface area contributed by atoms with E-state index in [1.807, 2.05) is 12.3 Å². The number of nitrogens with zero attached hydrogens (tertiary/aromatic N) is 2. The van der Waals surface area contributed by atoms with Crippen molar-refractivity contribution in [1.82, 2.24) is 4.73 Å². The summed E-state index contributed by atoms with van der Waals surface area (Å²) in [5.74, 6) is 0. The molecule has 0 radical (unpaired) electrons. The lowest BCUT2D eigenvalue weighted by Crippen LogP contribution is -2.06. The lowest BCUT2D eigenvalue weighted by Gasteiger charge is -2.05. The van der Waals surface area contributed by atoms with Crippen molar-refractivity contribution in [2.75, 3.05) is 7.11 Å². The number of aliphatic imine (C=N–C) groups is 1. The standard InChI is InChI=1S/C15H20N2O/c1-6-13-11(3)14(16-12(13)4)9-15-10(2)7-8-17(15)18-5/h7-9H,6H2,1-5H3/b14-9+. The lowest BCUT2D eigenvalue weighted by atomic mass is 10.0. The molecule has 2 heterocycles. The van der Waals surface area contributed by atoms with E-state index >= 15 is 0 Å². The number of aryl methyl sites for hydroxylation is 1. The maximum Gasteiger partial charge on any atom is 0.104 e. The van der Waals surface area contributed by atoms with Crippen LogP contribution in [0.4, 0.5) is 0 Å².